The van der Waals surface area contributed by atoms with Crippen LogP contribution in [0.5, 0.6) is 0 Å². The van der Waals surface area contributed by atoms with E-state index in [0.717, 1.165) is 31.6 Å². The summed E-state index contributed by atoms with van der Waals surface area (Å²) in [7, 11) is 0. The highest BCUT2D eigenvalue weighted by Gasteiger charge is 2.20. The standard InChI is InChI=1S/C9H18N2O2S/c1-2-8(9(12)11-10)14-6-7-4-3-5-13-7/h7-8H,2-6,10H2,1H3,(H,11,12). The van der Waals surface area contributed by atoms with Gasteiger partial charge >= 0.3 is 0 Å². The molecule has 0 aliphatic carbocycles. The molecule has 0 spiro atoms. The SMILES string of the molecule is CCC(SCC1CCCO1)C(=O)NN. The quantitative estimate of drug-likeness (QED) is 0.404. The predicted octanol–water partition coefficient (Wildman–Crippen LogP) is 0.667. The van der Waals surface area contributed by atoms with Gasteiger partial charge in [0.2, 0.25) is 5.91 Å². The van der Waals surface area contributed by atoms with Gasteiger partial charge in [0.25, 0.3) is 0 Å². The van der Waals surface area contributed by atoms with Crippen molar-refractivity contribution in [1.82, 2.24) is 5.43 Å². The molecule has 0 aromatic rings. The van der Waals surface area contributed by atoms with Crippen molar-refractivity contribution in [2.75, 3.05) is 12.4 Å². The molecule has 1 amide bonds. The Balaban J connectivity index is 2.22. The van der Waals surface area contributed by atoms with Crippen LogP contribution in [0.2, 0.25) is 0 Å². The van der Waals surface area contributed by atoms with Gasteiger partial charge in [-0.05, 0) is 19.3 Å². The van der Waals surface area contributed by atoms with Crippen molar-refractivity contribution in [3.8, 4) is 0 Å². The lowest BCUT2D eigenvalue weighted by Gasteiger charge is -2.15. The Morgan fingerprint density at radius 2 is 2.57 bits per heavy atom. The van der Waals surface area contributed by atoms with E-state index >= 15 is 0 Å². The maximum atomic E-state index is 11.3. The lowest BCUT2D eigenvalue weighted by atomic mass is 10.3. The number of hydrogen-bond acceptors (Lipinski definition) is 4. The van der Waals surface area contributed by atoms with E-state index in [4.69, 9.17) is 10.6 Å². The topological polar surface area (TPSA) is 64.3 Å². The fraction of sp³-hybridized carbons (Fsp3) is 0.889. The Hall–Kier alpha value is -0.260. The van der Waals surface area contributed by atoms with E-state index < -0.39 is 0 Å². The third-order valence-electron chi connectivity index (χ3n) is 2.31. The van der Waals surface area contributed by atoms with Gasteiger partial charge in [0.05, 0.1) is 11.4 Å². The first kappa shape index (κ1) is 11.8. The molecule has 0 bridgehead atoms. The summed E-state index contributed by atoms with van der Waals surface area (Å²) < 4.78 is 5.48. The van der Waals surface area contributed by atoms with E-state index in [-0.39, 0.29) is 11.2 Å². The van der Waals surface area contributed by atoms with Crippen LogP contribution >= 0.6 is 11.8 Å². The first-order valence-electron chi connectivity index (χ1n) is 5.01. The average Bonchev–Trinajstić information content (AvgIpc) is 2.71. The zero-order valence-corrected chi connectivity index (χ0v) is 9.31. The Kier molecular flexibility index (Phi) is 5.29. The summed E-state index contributed by atoms with van der Waals surface area (Å²) in [6, 6.07) is 0. The summed E-state index contributed by atoms with van der Waals surface area (Å²) in [6.45, 7) is 2.85. The second-order valence-electron chi connectivity index (χ2n) is 3.37. The summed E-state index contributed by atoms with van der Waals surface area (Å²) >= 11 is 1.63. The van der Waals surface area contributed by atoms with E-state index in [2.05, 4.69) is 5.43 Å². The third kappa shape index (κ3) is 3.48. The third-order valence-corrected chi connectivity index (χ3v) is 3.83. The minimum absolute atomic E-state index is 0.0378. The molecule has 1 heterocycles. The summed E-state index contributed by atoms with van der Waals surface area (Å²) in [5.41, 5.74) is 2.19. The van der Waals surface area contributed by atoms with Gasteiger partial charge in [-0.3, -0.25) is 10.2 Å². The molecule has 1 saturated heterocycles. The van der Waals surface area contributed by atoms with Crippen LogP contribution in [0.3, 0.4) is 0 Å². The zero-order chi connectivity index (χ0) is 10.4. The van der Waals surface area contributed by atoms with Gasteiger partial charge in [-0.25, -0.2) is 5.84 Å². The number of hydrazine groups is 1. The molecule has 0 saturated carbocycles. The van der Waals surface area contributed by atoms with E-state index in [0.29, 0.717) is 6.10 Å². The van der Waals surface area contributed by atoms with Gasteiger partial charge in [0.1, 0.15) is 0 Å². The largest absolute Gasteiger partial charge is 0.377 e. The van der Waals surface area contributed by atoms with Crippen LogP contribution in [0.15, 0.2) is 0 Å². The molecule has 0 aromatic heterocycles. The van der Waals surface area contributed by atoms with Gasteiger partial charge in [-0.15, -0.1) is 11.8 Å². The fourth-order valence-electron chi connectivity index (χ4n) is 1.47. The Labute approximate surface area is 88.9 Å². The lowest BCUT2D eigenvalue weighted by Crippen LogP contribution is -2.37. The number of carbonyl (C=O) groups is 1. The van der Waals surface area contributed by atoms with E-state index in [1.54, 1.807) is 11.8 Å². The van der Waals surface area contributed by atoms with E-state index in [1.165, 1.54) is 0 Å². The molecule has 14 heavy (non-hydrogen) atoms. The number of thioether (sulfide) groups is 1. The number of nitrogens with two attached hydrogens (primary N) is 1. The Morgan fingerprint density at radius 1 is 1.79 bits per heavy atom. The minimum atomic E-state index is -0.0875. The Morgan fingerprint density at radius 3 is 3.07 bits per heavy atom. The number of carbonyl (C=O) groups excluding carboxylic acids is 1. The molecule has 0 radical (unpaired) electrons. The zero-order valence-electron chi connectivity index (χ0n) is 8.49. The van der Waals surface area contributed by atoms with E-state index in [9.17, 15) is 4.79 Å². The fourth-order valence-corrected chi connectivity index (χ4v) is 2.64. The second-order valence-corrected chi connectivity index (χ2v) is 4.61. The number of rotatable bonds is 5. The maximum absolute atomic E-state index is 11.3. The van der Waals surface area contributed by atoms with Crippen LogP contribution in [0.25, 0.3) is 0 Å². The molecular weight excluding hydrogens is 200 g/mol. The predicted molar refractivity (Wildman–Crippen MR) is 57.8 cm³/mol. The molecular formula is C9H18N2O2S. The molecule has 1 fully saturated rings. The minimum Gasteiger partial charge on any atom is -0.377 e. The highest BCUT2D eigenvalue weighted by atomic mass is 32.2. The Bertz CT molecular complexity index is 184. The van der Waals surface area contributed by atoms with Crippen molar-refractivity contribution < 1.29 is 9.53 Å². The number of amides is 1. The monoisotopic (exact) mass is 218 g/mol. The van der Waals surface area contributed by atoms with Crippen LogP contribution in [0, 0.1) is 0 Å². The molecule has 1 aliphatic rings. The molecule has 82 valence electrons. The van der Waals surface area contributed by atoms with Crippen molar-refractivity contribution in [2.24, 2.45) is 5.84 Å². The van der Waals surface area contributed by atoms with Gasteiger partial charge in [-0.2, -0.15) is 0 Å². The molecule has 0 aromatic carbocycles. The van der Waals surface area contributed by atoms with Crippen molar-refractivity contribution in [2.45, 2.75) is 37.5 Å². The van der Waals surface area contributed by atoms with Gasteiger partial charge < -0.3 is 4.74 Å². The summed E-state index contributed by atoms with van der Waals surface area (Å²) in [5.74, 6) is 5.90. The van der Waals surface area contributed by atoms with Crippen LogP contribution in [-0.4, -0.2) is 29.6 Å². The van der Waals surface area contributed by atoms with Gasteiger partial charge in [0, 0.05) is 12.4 Å². The molecule has 3 N–H and O–H groups in total. The van der Waals surface area contributed by atoms with Crippen LogP contribution in [-0.2, 0) is 9.53 Å². The summed E-state index contributed by atoms with van der Waals surface area (Å²) in [5, 5.41) is -0.0378. The van der Waals surface area contributed by atoms with Crippen molar-refractivity contribution in [3.63, 3.8) is 0 Å². The summed E-state index contributed by atoms with van der Waals surface area (Å²) in [4.78, 5) is 11.3. The molecule has 1 rings (SSSR count). The van der Waals surface area contributed by atoms with Crippen molar-refractivity contribution in [1.29, 1.82) is 0 Å². The molecule has 5 heteroatoms. The van der Waals surface area contributed by atoms with Gasteiger partial charge in [-0.1, -0.05) is 6.92 Å². The molecule has 4 nitrogen and oxygen atoms in total. The molecule has 2 unspecified atom stereocenters. The van der Waals surface area contributed by atoms with Crippen molar-refractivity contribution in [3.05, 3.63) is 0 Å². The van der Waals surface area contributed by atoms with Crippen molar-refractivity contribution >= 4 is 17.7 Å². The van der Waals surface area contributed by atoms with Crippen LogP contribution in [0.1, 0.15) is 26.2 Å². The maximum Gasteiger partial charge on any atom is 0.246 e. The first-order chi connectivity index (χ1) is 6.77. The number of ether oxygens (including phenoxy) is 1. The smallest absolute Gasteiger partial charge is 0.246 e. The average molecular weight is 218 g/mol. The van der Waals surface area contributed by atoms with Crippen LogP contribution in [0.4, 0.5) is 0 Å². The van der Waals surface area contributed by atoms with Gasteiger partial charge in [0.15, 0.2) is 0 Å². The molecule has 2 atom stereocenters. The highest BCUT2D eigenvalue weighted by molar-refractivity contribution is 8.00. The normalized spacial score (nSPS) is 23.4. The lowest BCUT2D eigenvalue weighted by molar-refractivity contribution is -0.120. The second kappa shape index (κ2) is 6.27. The first-order valence-corrected chi connectivity index (χ1v) is 6.06. The number of nitrogens with one attached hydrogen (secondary N) is 1. The summed E-state index contributed by atoms with van der Waals surface area (Å²) in [6.07, 6.45) is 3.40. The van der Waals surface area contributed by atoms with Crippen LogP contribution < -0.4 is 11.3 Å². The van der Waals surface area contributed by atoms with E-state index in [1.807, 2.05) is 6.92 Å². The molecule has 1 aliphatic heterocycles. The number of hydrogen-bond donors (Lipinski definition) is 2. The highest BCUT2D eigenvalue weighted by Crippen LogP contribution is 2.21.